The highest BCUT2D eigenvalue weighted by Gasteiger charge is 2.04. The molecule has 0 atom stereocenters. The molecule has 0 saturated heterocycles. The third-order valence-corrected chi connectivity index (χ3v) is 2.46. The normalized spacial score (nSPS) is 9.73. The maximum Gasteiger partial charge on any atom is 0.151 e. The predicted octanol–water partition coefficient (Wildman–Crippen LogP) is 3.16. The van der Waals surface area contributed by atoms with Crippen molar-refractivity contribution in [2.45, 2.75) is 0 Å². The van der Waals surface area contributed by atoms with E-state index in [1.807, 2.05) is 0 Å². The second-order valence-electron chi connectivity index (χ2n) is 1.91. The molecule has 58 valence electrons. The van der Waals surface area contributed by atoms with Gasteiger partial charge in [-0.2, -0.15) is 0 Å². The molecule has 1 rings (SSSR count). The van der Waals surface area contributed by atoms with Gasteiger partial charge in [0.2, 0.25) is 0 Å². The second kappa shape index (κ2) is 3.45. The average Bonchev–Trinajstić information content (AvgIpc) is 1.97. The Morgan fingerprint density at radius 3 is 2.45 bits per heavy atom. The first kappa shape index (κ1) is 8.87. The van der Waals surface area contributed by atoms with E-state index in [0.29, 0.717) is 20.8 Å². The summed E-state index contributed by atoms with van der Waals surface area (Å²) < 4.78 is 13.5. The highest BCUT2D eigenvalue weighted by atomic mass is 79.9. The number of rotatable bonds is 1. The summed E-state index contributed by atoms with van der Waals surface area (Å²) in [5.41, 5.74) is 0.429. The molecule has 0 unspecified atom stereocenters. The monoisotopic (exact) mass is 280 g/mol. The van der Waals surface area contributed by atoms with Gasteiger partial charge in [-0.05, 0) is 44.0 Å². The third kappa shape index (κ3) is 1.87. The molecule has 0 saturated carbocycles. The topological polar surface area (TPSA) is 17.1 Å². The number of hydrogen-bond acceptors (Lipinski definition) is 1. The molecule has 4 heteroatoms. The Morgan fingerprint density at radius 1 is 1.27 bits per heavy atom. The lowest BCUT2D eigenvalue weighted by Crippen LogP contribution is -1.85. The molecule has 0 aromatic heterocycles. The second-order valence-corrected chi connectivity index (χ2v) is 3.61. The van der Waals surface area contributed by atoms with E-state index in [9.17, 15) is 9.18 Å². The van der Waals surface area contributed by atoms with Crippen LogP contribution in [0, 0.1) is 5.82 Å². The smallest absolute Gasteiger partial charge is 0.151 e. The van der Waals surface area contributed by atoms with Crippen LogP contribution in [0.5, 0.6) is 0 Å². The molecule has 1 nitrogen and oxygen atoms in total. The Bertz CT molecular complexity index is 299. The summed E-state index contributed by atoms with van der Waals surface area (Å²) in [5, 5.41) is 0. The molecule has 11 heavy (non-hydrogen) atoms. The lowest BCUT2D eigenvalue weighted by molar-refractivity contribution is 0.112. The molecular weight excluding hydrogens is 279 g/mol. The Labute approximate surface area is 79.9 Å². The van der Waals surface area contributed by atoms with E-state index in [0.717, 1.165) is 0 Å². The van der Waals surface area contributed by atoms with Crippen LogP contribution < -0.4 is 0 Å². The van der Waals surface area contributed by atoms with Crippen molar-refractivity contribution in [2.24, 2.45) is 0 Å². The van der Waals surface area contributed by atoms with E-state index in [1.165, 1.54) is 12.1 Å². The van der Waals surface area contributed by atoms with Crippen molar-refractivity contribution < 1.29 is 9.18 Å². The first-order chi connectivity index (χ1) is 5.15. The average molecular weight is 282 g/mol. The van der Waals surface area contributed by atoms with Crippen molar-refractivity contribution in [3.63, 3.8) is 0 Å². The number of carbonyl (C=O) groups excluding carboxylic acids is 1. The predicted molar refractivity (Wildman–Crippen MR) is 47.2 cm³/mol. The highest BCUT2D eigenvalue weighted by molar-refractivity contribution is 9.11. The van der Waals surface area contributed by atoms with Crippen LogP contribution >= 0.6 is 31.9 Å². The van der Waals surface area contributed by atoms with Gasteiger partial charge in [0.1, 0.15) is 5.82 Å². The van der Waals surface area contributed by atoms with Gasteiger partial charge in [-0.15, -0.1) is 0 Å². The van der Waals surface area contributed by atoms with E-state index < -0.39 is 0 Å². The van der Waals surface area contributed by atoms with E-state index in [1.54, 1.807) is 0 Å². The Morgan fingerprint density at radius 2 is 1.91 bits per heavy atom. The molecule has 0 radical (unpaired) electrons. The minimum atomic E-state index is -0.387. The zero-order valence-electron chi connectivity index (χ0n) is 5.27. The summed E-state index contributed by atoms with van der Waals surface area (Å²) in [6.45, 7) is 0. The van der Waals surface area contributed by atoms with E-state index in [-0.39, 0.29) is 5.82 Å². The maximum atomic E-state index is 12.7. The van der Waals surface area contributed by atoms with Crippen LogP contribution in [-0.4, -0.2) is 6.29 Å². The zero-order valence-corrected chi connectivity index (χ0v) is 8.45. The zero-order chi connectivity index (χ0) is 8.43. The number of aldehydes is 1. The summed E-state index contributed by atoms with van der Waals surface area (Å²) >= 11 is 6.02. The minimum absolute atomic E-state index is 0.294. The van der Waals surface area contributed by atoms with Gasteiger partial charge in [-0.25, -0.2) is 4.39 Å². The van der Waals surface area contributed by atoms with Crippen LogP contribution in [0.15, 0.2) is 21.1 Å². The van der Waals surface area contributed by atoms with Crippen molar-refractivity contribution in [3.05, 3.63) is 32.5 Å². The maximum absolute atomic E-state index is 12.7. The molecule has 0 spiro atoms. The Hall–Kier alpha value is -0.220. The lowest BCUT2D eigenvalue weighted by Gasteiger charge is -1.97. The summed E-state index contributed by atoms with van der Waals surface area (Å²) in [6.07, 6.45) is 0.661. The van der Waals surface area contributed by atoms with Gasteiger partial charge in [0, 0.05) is 10.0 Å². The number of hydrogen-bond donors (Lipinski definition) is 0. The molecular formula is C7H3Br2FO. The quantitative estimate of drug-likeness (QED) is 0.571. The lowest BCUT2D eigenvalue weighted by atomic mass is 10.2. The van der Waals surface area contributed by atoms with Crippen LogP contribution in [0.3, 0.4) is 0 Å². The van der Waals surface area contributed by atoms with Crippen LogP contribution in [-0.2, 0) is 0 Å². The first-order valence-corrected chi connectivity index (χ1v) is 4.33. The Balaban J connectivity index is 3.31. The molecule has 0 fully saturated rings. The largest absolute Gasteiger partial charge is 0.298 e. The molecule has 1 aromatic rings. The number of benzene rings is 1. The molecule has 0 heterocycles. The van der Waals surface area contributed by atoms with E-state index in [4.69, 9.17) is 0 Å². The van der Waals surface area contributed by atoms with E-state index in [2.05, 4.69) is 31.9 Å². The summed E-state index contributed by atoms with van der Waals surface area (Å²) in [4.78, 5) is 10.3. The summed E-state index contributed by atoms with van der Waals surface area (Å²) in [6, 6.07) is 2.67. The van der Waals surface area contributed by atoms with Gasteiger partial charge in [-0.1, -0.05) is 0 Å². The van der Waals surface area contributed by atoms with Crippen molar-refractivity contribution >= 4 is 38.1 Å². The fraction of sp³-hybridized carbons (Fsp3) is 0. The number of halogens is 3. The van der Waals surface area contributed by atoms with Crippen LogP contribution in [0.25, 0.3) is 0 Å². The molecule has 0 bridgehead atoms. The summed E-state index contributed by atoms with van der Waals surface area (Å²) in [5.74, 6) is -0.387. The third-order valence-electron chi connectivity index (χ3n) is 1.17. The van der Waals surface area contributed by atoms with Gasteiger partial charge in [0.15, 0.2) is 6.29 Å². The molecule has 1 aromatic carbocycles. The molecule has 0 aliphatic heterocycles. The van der Waals surface area contributed by atoms with Gasteiger partial charge < -0.3 is 0 Å². The standard InChI is InChI=1S/C7H3Br2FO/c8-5-2-7(10)6(9)1-4(5)3-11/h1-3H. The van der Waals surface area contributed by atoms with Crippen LogP contribution in [0.1, 0.15) is 10.4 Å². The highest BCUT2D eigenvalue weighted by Crippen LogP contribution is 2.23. The van der Waals surface area contributed by atoms with Crippen molar-refractivity contribution in [2.75, 3.05) is 0 Å². The minimum Gasteiger partial charge on any atom is -0.298 e. The van der Waals surface area contributed by atoms with Gasteiger partial charge in [0.25, 0.3) is 0 Å². The Kier molecular flexibility index (Phi) is 2.78. The molecule has 0 N–H and O–H groups in total. The van der Waals surface area contributed by atoms with Gasteiger partial charge in [0.05, 0.1) is 4.47 Å². The molecule has 0 aliphatic rings. The van der Waals surface area contributed by atoms with Crippen molar-refractivity contribution in [3.8, 4) is 0 Å². The van der Waals surface area contributed by atoms with Crippen molar-refractivity contribution in [1.29, 1.82) is 0 Å². The van der Waals surface area contributed by atoms with Crippen LogP contribution in [0.4, 0.5) is 4.39 Å². The molecule has 0 amide bonds. The van der Waals surface area contributed by atoms with Gasteiger partial charge in [-0.3, -0.25) is 4.79 Å². The fourth-order valence-electron chi connectivity index (χ4n) is 0.628. The summed E-state index contributed by atoms with van der Waals surface area (Å²) in [7, 11) is 0. The fourth-order valence-corrected chi connectivity index (χ4v) is 1.40. The van der Waals surface area contributed by atoms with Crippen LogP contribution in [0.2, 0.25) is 0 Å². The first-order valence-electron chi connectivity index (χ1n) is 2.75. The van der Waals surface area contributed by atoms with Crippen molar-refractivity contribution in [1.82, 2.24) is 0 Å². The van der Waals surface area contributed by atoms with E-state index >= 15 is 0 Å². The van der Waals surface area contributed by atoms with Gasteiger partial charge >= 0.3 is 0 Å². The molecule has 0 aliphatic carbocycles. The SMILES string of the molecule is O=Cc1cc(Br)c(F)cc1Br. The number of carbonyl (C=O) groups is 1.